The molecule has 0 atom stereocenters. The Hall–Kier alpha value is -3.47. The average Bonchev–Trinajstić information content (AvgIpc) is 3.09. The summed E-state index contributed by atoms with van der Waals surface area (Å²) in [5.41, 5.74) is 1.52. The Morgan fingerprint density at radius 1 is 1.00 bits per heavy atom. The predicted molar refractivity (Wildman–Crippen MR) is 98.2 cm³/mol. The standard InChI is InChI=1S/C21H16FNO3/c1-14(24)15-6-8-16(9-7-15)23-21(25)13-11-17-10-12-20(26-17)18-4-2-3-5-19(18)22/h2-13H,1H3,(H,23,25)/b13-11+. The molecule has 0 spiro atoms. The molecule has 0 bridgehead atoms. The van der Waals surface area contributed by atoms with Crippen molar-refractivity contribution in [2.45, 2.75) is 6.92 Å². The lowest BCUT2D eigenvalue weighted by Crippen LogP contribution is -2.07. The Kier molecular flexibility index (Phi) is 5.08. The van der Waals surface area contributed by atoms with Crippen molar-refractivity contribution < 1.29 is 18.4 Å². The van der Waals surface area contributed by atoms with E-state index >= 15 is 0 Å². The zero-order valence-electron chi connectivity index (χ0n) is 14.0. The Bertz CT molecular complexity index is 971. The second-order valence-corrected chi connectivity index (χ2v) is 5.64. The van der Waals surface area contributed by atoms with Gasteiger partial charge in [0.25, 0.3) is 0 Å². The lowest BCUT2D eigenvalue weighted by molar-refractivity contribution is -0.111. The van der Waals surface area contributed by atoms with E-state index in [1.165, 1.54) is 25.1 Å². The van der Waals surface area contributed by atoms with Crippen LogP contribution in [0.15, 0.2) is 71.2 Å². The van der Waals surface area contributed by atoms with Gasteiger partial charge in [-0.15, -0.1) is 0 Å². The van der Waals surface area contributed by atoms with Gasteiger partial charge in [0.05, 0.1) is 5.56 Å². The summed E-state index contributed by atoms with van der Waals surface area (Å²) >= 11 is 0. The molecule has 0 unspecified atom stereocenters. The minimum atomic E-state index is -0.371. The van der Waals surface area contributed by atoms with Crippen molar-refractivity contribution in [3.05, 3.63) is 83.9 Å². The van der Waals surface area contributed by atoms with E-state index < -0.39 is 0 Å². The SMILES string of the molecule is CC(=O)c1ccc(NC(=O)/C=C/c2ccc(-c3ccccc3F)o2)cc1. The van der Waals surface area contributed by atoms with Gasteiger partial charge in [-0.3, -0.25) is 9.59 Å². The highest BCUT2D eigenvalue weighted by molar-refractivity contribution is 6.02. The fourth-order valence-corrected chi connectivity index (χ4v) is 2.38. The third kappa shape index (κ3) is 4.13. The molecule has 1 amide bonds. The first kappa shape index (κ1) is 17.4. The molecule has 0 aliphatic rings. The molecule has 0 aliphatic carbocycles. The first-order valence-corrected chi connectivity index (χ1v) is 7.98. The lowest BCUT2D eigenvalue weighted by atomic mass is 10.1. The van der Waals surface area contributed by atoms with Crippen LogP contribution in [0.3, 0.4) is 0 Å². The highest BCUT2D eigenvalue weighted by Crippen LogP contribution is 2.25. The average molecular weight is 349 g/mol. The van der Waals surface area contributed by atoms with Crippen molar-refractivity contribution in [3.8, 4) is 11.3 Å². The van der Waals surface area contributed by atoms with Crippen LogP contribution in [0, 0.1) is 5.82 Å². The molecule has 3 rings (SSSR count). The number of hydrogen-bond acceptors (Lipinski definition) is 3. The van der Waals surface area contributed by atoms with Crippen LogP contribution in [0.2, 0.25) is 0 Å². The summed E-state index contributed by atoms with van der Waals surface area (Å²) in [6.45, 7) is 1.48. The van der Waals surface area contributed by atoms with Crippen molar-refractivity contribution in [1.29, 1.82) is 0 Å². The zero-order chi connectivity index (χ0) is 18.5. The van der Waals surface area contributed by atoms with Gasteiger partial charge < -0.3 is 9.73 Å². The van der Waals surface area contributed by atoms with Crippen LogP contribution in [0.5, 0.6) is 0 Å². The van der Waals surface area contributed by atoms with Gasteiger partial charge in [0.1, 0.15) is 17.3 Å². The Morgan fingerprint density at radius 3 is 2.42 bits per heavy atom. The first-order chi connectivity index (χ1) is 12.5. The van der Waals surface area contributed by atoms with Crippen LogP contribution in [-0.4, -0.2) is 11.7 Å². The highest BCUT2D eigenvalue weighted by atomic mass is 19.1. The van der Waals surface area contributed by atoms with E-state index in [9.17, 15) is 14.0 Å². The van der Waals surface area contributed by atoms with Crippen molar-refractivity contribution >= 4 is 23.5 Å². The summed E-state index contributed by atoms with van der Waals surface area (Å²) in [5, 5.41) is 2.69. The molecule has 0 fully saturated rings. The predicted octanol–water partition coefficient (Wildman–Crippen LogP) is 4.94. The van der Waals surface area contributed by atoms with Gasteiger partial charge in [0, 0.05) is 17.3 Å². The maximum atomic E-state index is 13.8. The number of Topliss-reactive ketones (excluding diaryl/α,β-unsaturated/α-hetero) is 1. The molecule has 130 valence electrons. The van der Waals surface area contributed by atoms with E-state index in [0.717, 1.165) is 0 Å². The Balaban J connectivity index is 1.65. The maximum Gasteiger partial charge on any atom is 0.248 e. The van der Waals surface area contributed by atoms with Gasteiger partial charge in [-0.2, -0.15) is 0 Å². The number of furan rings is 1. The van der Waals surface area contributed by atoms with Gasteiger partial charge in [0.15, 0.2) is 5.78 Å². The molecule has 0 saturated heterocycles. The number of carbonyl (C=O) groups excluding carboxylic acids is 2. The van der Waals surface area contributed by atoms with Gasteiger partial charge in [-0.1, -0.05) is 12.1 Å². The van der Waals surface area contributed by atoms with Gasteiger partial charge >= 0.3 is 0 Å². The smallest absolute Gasteiger partial charge is 0.248 e. The summed E-state index contributed by atoms with van der Waals surface area (Å²) in [6.07, 6.45) is 2.83. The molecule has 5 heteroatoms. The zero-order valence-corrected chi connectivity index (χ0v) is 14.0. The van der Waals surface area contributed by atoms with Crippen LogP contribution in [-0.2, 0) is 4.79 Å². The summed E-state index contributed by atoms with van der Waals surface area (Å²) in [6, 6.07) is 16.2. The summed E-state index contributed by atoms with van der Waals surface area (Å²) in [7, 11) is 0. The summed E-state index contributed by atoms with van der Waals surface area (Å²) in [5.74, 6) is 0.0770. The molecular weight excluding hydrogens is 333 g/mol. The van der Waals surface area contributed by atoms with Crippen LogP contribution < -0.4 is 5.32 Å². The quantitative estimate of drug-likeness (QED) is 0.524. The Labute approximate surface area is 150 Å². The third-order valence-corrected chi connectivity index (χ3v) is 3.72. The van der Waals surface area contributed by atoms with Crippen LogP contribution in [0.1, 0.15) is 23.0 Å². The molecule has 1 heterocycles. The van der Waals surface area contributed by atoms with E-state index in [4.69, 9.17) is 4.42 Å². The number of anilines is 1. The van der Waals surface area contributed by atoms with Crippen LogP contribution in [0.25, 0.3) is 17.4 Å². The number of rotatable bonds is 5. The molecule has 0 saturated carbocycles. The number of hydrogen-bond donors (Lipinski definition) is 1. The Morgan fingerprint density at radius 2 is 1.73 bits per heavy atom. The maximum absolute atomic E-state index is 13.8. The van der Waals surface area contributed by atoms with E-state index in [-0.39, 0.29) is 17.5 Å². The fourth-order valence-electron chi connectivity index (χ4n) is 2.38. The number of benzene rings is 2. The molecule has 0 radical (unpaired) electrons. The number of ketones is 1. The molecule has 0 aliphatic heterocycles. The van der Waals surface area contributed by atoms with E-state index in [0.29, 0.717) is 28.3 Å². The molecule has 2 aromatic carbocycles. The molecule has 1 aromatic heterocycles. The summed E-state index contributed by atoms with van der Waals surface area (Å²) < 4.78 is 19.3. The van der Waals surface area contributed by atoms with Crippen molar-refractivity contribution in [2.75, 3.05) is 5.32 Å². The normalized spacial score (nSPS) is 10.8. The van der Waals surface area contributed by atoms with Gasteiger partial charge in [-0.25, -0.2) is 4.39 Å². The molecule has 4 nitrogen and oxygen atoms in total. The highest BCUT2D eigenvalue weighted by Gasteiger charge is 2.08. The third-order valence-electron chi connectivity index (χ3n) is 3.72. The van der Waals surface area contributed by atoms with E-state index in [2.05, 4.69) is 5.32 Å². The van der Waals surface area contributed by atoms with Crippen LogP contribution in [0.4, 0.5) is 10.1 Å². The number of halogens is 1. The first-order valence-electron chi connectivity index (χ1n) is 7.98. The second-order valence-electron chi connectivity index (χ2n) is 5.64. The lowest BCUT2D eigenvalue weighted by Gasteiger charge is -2.02. The van der Waals surface area contributed by atoms with E-state index in [1.807, 2.05) is 0 Å². The van der Waals surface area contributed by atoms with Crippen LogP contribution >= 0.6 is 0 Å². The number of amides is 1. The minimum absolute atomic E-state index is 0.0359. The largest absolute Gasteiger partial charge is 0.457 e. The monoisotopic (exact) mass is 349 g/mol. The topological polar surface area (TPSA) is 59.3 Å². The van der Waals surface area contributed by atoms with Gasteiger partial charge in [0.2, 0.25) is 5.91 Å². The van der Waals surface area contributed by atoms with Gasteiger partial charge in [-0.05, 0) is 61.5 Å². The molecule has 26 heavy (non-hydrogen) atoms. The molecular formula is C21H16FNO3. The number of carbonyl (C=O) groups is 2. The molecule has 3 aromatic rings. The number of nitrogens with one attached hydrogen (secondary N) is 1. The molecule has 1 N–H and O–H groups in total. The minimum Gasteiger partial charge on any atom is -0.457 e. The van der Waals surface area contributed by atoms with Crippen molar-refractivity contribution in [1.82, 2.24) is 0 Å². The second kappa shape index (κ2) is 7.61. The summed E-state index contributed by atoms with van der Waals surface area (Å²) in [4.78, 5) is 23.2. The fraction of sp³-hybridized carbons (Fsp3) is 0.0476. The van der Waals surface area contributed by atoms with E-state index in [1.54, 1.807) is 54.6 Å². The van der Waals surface area contributed by atoms with Crippen molar-refractivity contribution in [2.24, 2.45) is 0 Å². The van der Waals surface area contributed by atoms with Crippen molar-refractivity contribution in [3.63, 3.8) is 0 Å².